The molecule has 1 unspecified atom stereocenters. The Hall–Kier alpha value is -1.99. The van der Waals surface area contributed by atoms with Crippen LogP contribution in [0.2, 0.25) is 0 Å². The molecule has 1 saturated heterocycles. The van der Waals surface area contributed by atoms with E-state index in [2.05, 4.69) is 4.90 Å². The van der Waals surface area contributed by atoms with Gasteiger partial charge >= 0.3 is 12.1 Å². The first-order chi connectivity index (χ1) is 13.9. The highest BCUT2D eigenvalue weighted by Crippen LogP contribution is 2.33. The van der Waals surface area contributed by atoms with Crippen LogP contribution in [0.25, 0.3) is 0 Å². The van der Waals surface area contributed by atoms with Gasteiger partial charge in [-0.3, -0.25) is 4.90 Å². The van der Waals surface area contributed by atoms with Crippen LogP contribution in [0.4, 0.5) is 4.79 Å². The number of halogens is 1. The first kappa shape index (κ1) is 24.3. The van der Waals surface area contributed by atoms with E-state index in [1.165, 1.54) is 0 Å². The zero-order chi connectivity index (χ0) is 22.5. The quantitative estimate of drug-likeness (QED) is 0.388. The number of benzene rings is 1. The van der Waals surface area contributed by atoms with Crippen molar-refractivity contribution in [3.05, 3.63) is 29.8 Å². The molecule has 1 atom stereocenters. The third-order valence-electron chi connectivity index (χ3n) is 4.23. The molecule has 1 aliphatic rings. The van der Waals surface area contributed by atoms with Gasteiger partial charge in [0.15, 0.2) is 6.61 Å². The zero-order valence-corrected chi connectivity index (χ0v) is 19.5. The summed E-state index contributed by atoms with van der Waals surface area (Å²) in [5, 5.41) is 0. The number of alkyl halides is 1. The summed E-state index contributed by atoms with van der Waals surface area (Å²) in [4.78, 5) is 28.0. The van der Waals surface area contributed by atoms with Gasteiger partial charge in [0.05, 0.1) is 0 Å². The van der Waals surface area contributed by atoms with Crippen molar-refractivity contribution in [2.24, 2.45) is 0 Å². The Morgan fingerprint density at radius 3 is 2.10 bits per heavy atom. The first-order valence-corrected chi connectivity index (χ1v) is 10.6. The number of carbonyl (C=O) groups is 2. The molecule has 0 saturated carbocycles. The van der Waals surface area contributed by atoms with E-state index in [0.717, 1.165) is 5.56 Å². The van der Waals surface area contributed by atoms with Gasteiger partial charge in [0.25, 0.3) is 0 Å². The molecule has 168 valence electrons. The Morgan fingerprint density at radius 1 is 0.967 bits per heavy atom. The molecule has 0 radical (unpaired) electrons. The van der Waals surface area contributed by atoms with Gasteiger partial charge in [-0.2, -0.15) is 0 Å². The molecule has 1 amide bonds. The smallest absolute Gasteiger partial charge is 0.410 e. The van der Waals surface area contributed by atoms with E-state index >= 15 is 0 Å². The number of carbonyl (C=O) groups excluding carboxylic acids is 2. The molecule has 30 heavy (non-hydrogen) atoms. The predicted molar refractivity (Wildman–Crippen MR) is 116 cm³/mol. The van der Waals surface area contributed by atoms with E-state index in [-0.39, 0.29) is 12.7 Å². The van der Waals surface area contributed by atoms with Crippen LogP contribution in [0, 0.1) is 0 Å². The van der Waals surface area contributed by atoms with E-state index in [1.54, 1.807) is 11.0 Å². The van der Waals surface area contributed by atoms with Crippen molar-refractivity contribution >= 4 is 23.7 Å². The van der Waals surface area contributed by atoms with E-state index in [9.17, 15) is 9.59 Å². The maximum absolute atomic E-state index is 12.3. The fraction of sp³-hybridized carbons (Fsp3) is 0.636. The molecule has 1 fully saturated rings. The van der Waals surface area contributed by atoms with E-state index in [0.29, 0.717) is 31.9 Å². The summed E-state index contributed by atoms with van der Waals surface area (Å²) in [5.74, 6) is 0.104. The molecular formula is C22H33ClN2O5. The van der Waals surface area contributed by atoms with Gasteiger partial charge in [0.2, 0.25) is 0 Å². The van der Waals surface area contributed by atoms with Crippen molar-refractivity contribution in [1.82, 2.24) is 9.80 Å². The van der Waals surface area contributed by atoms with Crippen LogP contribution in [-0.2, 0) is 14.3 Å². The monoisotopic (exact) mass is 440 g/mol. The fourth-order valence-corrected chi connectivity index (χ4v) is 3.35. The SMILES string of the molecule is CC(C)(C)OC(=O)COc1ccccc1C(Cl)N1CCN(C(=O)OC(C)(C)C)CC1. The van der Waals surface area contributed by atoms with Gasteiger partial charge in [-0.15, -0.1) is 11.6 Å². The van der Waals surface area contributed by atoms with Crippen LogP contribution in [0.5, 0.6) is 5.75 Å². The summed E-state index contributed by atoms with van der Waals surface area (Å²) in [6.07, 6.45) is -0.311. The molecular weight excluding hydrogens is 408 g/mol. The van der Waals surface area contributed by atoms with Crippen LogP contribution >= 0.6 is 11.6 Å². The van der Waals surface area contributed by atoms with Gasteiger partial charge in [-0.25, -0.2) is 9.59 Å². The summed E-state index contributed by atoms with van der Waals surface area (Å²) in [7, 11) is 0. The highest BCUT2D eigenvalue weighted by atomic mass is 35.5. The molecule has 0 aliphatic carbocycles. The highest BCUT2D eigenvalue weighted by molar-refractivity contribution is 6.20. The Labute approximate surface area is 184 Å². The number of hydrogen-bond acceptors (Lipinski definition) is 6. The summed E-state index contributed by atoms with van der Waals surface area (Å²) in [5.41, 5.74) is -0.759. The zero-order valence-electron chi connectivity index (χ0n) is 18.7. The third-order valence-corrected chi connectivity index (χ3v) is 4.74. The van der Waals surface area contributed by atoms with Gasteiger partial charge in [0, 0.05) is 31.7 Å². The second-order valence-corrected chi connectivity index (χ2v) is 9.67. The fourth-order valence-electron chi connectivity index (χ4n) is 2.97. The standard InChI is InChI=1S/C22H33ClN2O5/c1-21(2,3)29-18(26)15-28-17-10-8-7-9-16(17)19(23)24-11-13-25(14-12-24)20(27)30-22(4,5)6/h7-10,19H,11-15H2,1-6H3. The number of esters is 1. The molecule has 1 aliphatic heterocycles. The Kier molecular flexibility index (Phi) is 7.99. The Morgan fingerprint density at radius 2 is 1.53 bits per heavy atom. The van der Waals surface area contributed by atoms with E-state index in [4.69, 9.17) is 25.8 Å². The van der Waals surface area contributed by atoms with Gasteiger partial charge in [0.1, 0.15) is 22.5 Å². The summed E-state index contributed by atoms with van der Waals surface area (Å²) < 4.78 is 16.4. The summed E-state index contributed by atoms with van der Waals surface area (Å²) in [6, 6.07) is 7.37. The molecule has 8 heteroatoms. The van der Waals surface area contributed by atoms with Crippen LogP contribution in [-0.4, -0.2) is 65.9 Å². The lowest BCUT2D eigenvalue weighted by atomic mass is 10.1. The lowest BCUT2D eigenvalue weighted by Gasteiger charge is -2.37. The van der Waals surface area contributed by atoms with Crippen LogP contribution < -0.4 is 4.74 Å². The maximum Gasteiger partial charge on any atom is 0.410 e. The summed E-state index contributed by atoms with van der Waals surface area (Å²) >= 11 is 6.74. The number of para-hydroxylation sites is 1. The minimum absolute atomic E-state index is 0.190. The average Bonchev–Trinajstić information content (AvgIpc) is 2.63. The van der Waals surface area contributed by atoms with Crippen molar-refractivity contribution in [1.29, 1.82) is 0 Å². The van der Waals surface area contributed by atoms with Crippen molar-refractivity contribution < 1.29 is 23.8 Å². The number of nitrogens with zero attached hydrogens (tertiary/aromatic N) is 2. The minimum atomic E-state index is -0.567. The minimum Gasteiger partial charge on any atom is -0.482 e. The van der Waals surface area contributed by atoms with E-state index in [1.807, 2.05) is 59.7 Å². The Bertz CT molecular complexity index is 734. The third kappa shape index (κ3) is 7.69. The molecule has 1 aromatic rings. The second kappa shape index (κ2) is 9.88. The molecule has 0 bridgehead atoms. The van der Waals surface area contributed by atoms with Crippen molar-refractivity contribution in [3.8, 4) is 5.75 Å². The molecule has 1 aromatic carbocycles. The van der Waals surface area contributed by atoms with Crippen molar-refractivity contribution in [2.75, 3.05) is 32.8 Å². The highest BCUT2D eigenvalue weighted by Gasteiger charge is 2.30. The summed E-state index contributed by atoms with van der Waals surface area (Å²) in [6.45, 7) is 13.1. The number of piperazine rings is 1. The van der Waals surface area contributed by atoms with Crippen LogP contribution in [0.3, 0.4) is 0 Å². The second-order valence-electron chi connectivity index (χ2n) is 9.25. The van der Waals surface area contributed by atoms with Crippen LogP contribution in [0.1, 0.15) is 52.6 Å². The number of rotatable bonds is 5. The Balaban J connectivity index is 1.96. The number of ether oxygens (including phenoxy) is 3. The van der Waals surface area contributed by atoms with E-state index < -0.39 is 22.7 Å². The normalized spacial score (nSPS) is 16.7. The molecule has 0 spiro atoms. The molecule has 7 nitrogen and oxygen atoms in total. The molecule has 0 N–H and O–H groups in total. The maximum atomic E-state index is 12.3. The van der Waals surface area contributed by atoms with Crippen molar-refractivity contribution in [2.45, 2.75) is 58.2 Å². The first-order valence-electron chi connectivity index (χ1n) is 10.2. The molecule has 2 rings (SSSR count). The molecule has 0 aromatic heterocycles. The average molecular weight is 441 g/mol. The topological polar surface area (TPSA) is 68.3 Å². The molecule has 1 heterocycles. The van der Waals surface area contributed by atoms with Crippen molar-refractivity contribution in [3.63, 3.8) is 0 Å². The van der Waals surface area contributed by atoms with Gasteiger partial charge in [-0.1, -0.05) is 18.2 Å². The number of hydrogen-bond donors (Lipinski definition) is 0. The number of amides is 1. The van der Waals surface area contributed by atoms with Gasteiger partial charge in [-0.05, 0) is 47.6 Å². The van der Waals surface area contributed by atoms with Crippen LogP contribution in [0.15, 0.2) is 24.3 Å². The lowest BCUT2D eigenvalue weighted by molar-refractivity contribution is -0.157. The predicted octanol–water partition coefficient (Wildman–Crippen LogP) is 4.20. The van der Waals surface area contributed by atoms with Gasteiger partial charge < -0.3 is 19.1 Å². The largest absolute Gasteiger partial charge is 0.482 e. The lowest BCUT2D eigenvalue weighted by Crippen LogP contribution is -2.50.